The summed E-state index contributed by atoms with van der Waals surface area (Å²) in [4.78, 5) is 24.7. The molecule has 27 heavy (non-hydrogen) atoms. The molecule has 2 rings (SSSR count). The Morgan fingerprint density at radius 1 is 1.26 bits per heavy atom. The summed E-state index contributed by atoms with van der Waals surface area (Å²) >= 11 is 0. The molecule has 1 heterocycles. The third-order valence-corrected chi connectivity index (χ3v) is 3.65. The van der Waals surface area contributed by atoms with E-state index in [-0.39, 0.29) is 13.2 Å². The van der Waals surface area contributed by atoms with Gasteiger partial charge in [0.25, 0.3) is 5.92 Å². The molecular formula is C18H25F2N3O4. The van der Waals surface area contributed by atoms with Crippen molar-refractivity contribution in [3.8, 4) is 0 Å². The van der Waals surface area contributed by atoms with Crippen LogP contribution in [0, 0.1) is 0 Å². The Hall–Kier alpha value is -2.42. The number of carbonyl (C=O) groups excluding carboxylic acids is 2. The molecule has 2 N–H and O–H groups in total. The fourth-order valence-corrected chi connectivity index (χ4v) is 2.58. The minimum absolute atomic E-state index is 0.0243. The quantitative estimate of drug-likeness (QED) is 0.779. The molecule has 7 nitrogen and oxygen atoms in total. The standard InChI is InChI=1S/C18H25F2N3O4/c1-17(2,3)27-16(25)23-10-14(9-18(19,20)12-23)21-22-15(24)26-11-13-7-5-4-6-8-13/h4-8,14,21H,9-12H2,1-3H3,(H,22,24). The summed E-state index contributed by atoms with van der Waals surface area (Å²) in [6.07, 6.45) is -2.14. The van der Waals surface area contributed by atoms with E-state index in [0.29, 0.717) is 0 Å². The van der Waals surface area contributed by atoms with Gasteiger partial charge >= 0.3 is 12.2 Å². The van der Waals surface area contributed by atoms with Crippen molar-refractivity contribution >= 4 is 12.2 Å². The van der Waals surface area contributed by atoms with Crippen molar-refractivity contribution in [2.75, 3.05) is 13.1 Å². The number of rotatable bonds is 4. The number of nitrogens with one attached hydrogen (secondary N) is 2. The molecule has 1 aliphatic heterocycles. The molecule has 0 saturated carbocycles. The van der Waals surface area contributed by atoms with Crippen molar-refractivity contribution in [2.45, 2.75) is 51.4 Å². The second-order valence-electron chi connectivity index (χ2n) is 7.45. The summed E-state index contributed by atoms with van der Waals surface area (Å²) in [6, 6.07) is 8.20. The van der Waals surface area contributed by atoms with E-state index in [9.17, 15) is 18.4 Å². The molecule has 0 bridgehead atoms. The fourth-order valence-electron chi connectivity index (χ4n) is 2.58. The highest BCUT2D eigenvalue weighted by molar-refractivity contribution is 5.68. The predicted molar refractivity (Wildman–Crippen MR) is 94.1 cm³/mol. The van der Waals surface area contributed by atoms with Crippen molar-refractivity contribution in [2.24, 2.45) is 0 Å². The van der Waals surface area contributed by atoms with Gasteiger partial charge < -0.3 is 14.4 Å². The average Bonchev–Trinajstić information content (AvgIpc) is 2.56. The van der Waals surface area contributed by atoms with E-state index in [4.69, 9.17) is 9.47 Å². The zero-order valence-corrected chi connectivity index (χ0v) is 15.6. The summed E-state index contributed by atoms with van der Waals surface area (Å²) in [5, 5.41) is 0. The minimum atomic E-state index is -3.09. The molecule has 9 heteroatoms. The summed E-state index contributed by atoms with van der Waals surface area (Å²) < 4.78 is 38.1. The van der Waals surface area contributed by atoms with E-state index < -0.39 is 42.7 Å². The number of alkyl halides is 2. The predicted octanol–water partition coefficient (Wildman–Crippen LogP) is 3.06. The van der Waals surface area contributed by atoms with Crippen LogP contribution in [-0.2, 0) is 16.1 Å². The van der Waals surface area contributed by atoms with E-state index in [1.807, 2.05) is 18.2 Å². The monoisotopic (exact) mass is 385 g/mol. The molecule has 0 radical (unpaired) electrons. The number of nitrogens with zero attached hydrogens (tertiary/aromatic N) is 1. The molecule has 2 amide bonds. The van der Waals surface area contributed by atoms with Gasteiger partial charge in [-0.15, -0.1) is 0 Å². The SMILES string of the molecule is CC(C)(C)OC(=O)N1CC(NNC(=O)OCc2ccccc2)CC(F)(F)C1. The summed E-state index contributed by atoms with van der Waals surface area (Å²) in [5.41, 5.74) is 4.77. The Balaban J connectivity index is 1.83. The van der Waals surface area contributed by atoms with Crippen LogP contribution in [-0.4, -0.2) is 47.7 Å². The largest absolute Gasteiger partial charge is 0.444 e. The molecule has 1 aromatic carbocycles. The molecule has 1 saturated heterocycles. The maximum Gasteiger partial charge on any atom is 0.421 e. The molecule has 1 aromatic rings. The van der Waals surface area contributed by atoms with Crippen molar-refractivity contribution < 1.29 is 27.8 Å². The highest BCUT2D eigenvalue weighted by Gasteiger charge is 2.43. The number of amides is 2. The number of hydrogen-bond acceptors (Lipinski definition) is 5. The van der Waals surface area contributed by atoms with Gasteiger partial charge in [0.05, 0.1) is 6.54 Å². The lowest BCUT2D eigenvalue weighted by Gasteiger charge is -2.38. The van der Waals surface area contributed by atoms with Crippen LogP contribution in [0.25, 0.3) is 0 Å². The minimum Gasteiger partial charge on any atom is -0.444 e. The number of benzene rings is 1. The van der Waals surface area contributed by atoms with Gasteiger partial charge in [-0.3, -0.25) is 5.43 Å². The first kappa shape index (κ1) is 20.9. The fraction of sp³-hybridized carbons (Fsp3) is 0.556. The Bertz CT molecular complexity index is 650. The topological polar surface area (TPSA) is 79.9 Å². The van der Waals surface area contributed by atoms with Gasteiger partial charge in [0, 0.05) is 19.0 Å². The van der Waals surface area contributed by atoms with Gasteiger partial charge in [-0.25, -0.2) is 23.8 Å². The zero-order valence-electron chi connectivity index (χ0n) is 15.6. The van der Waals surface area contributed by atoms with Crippen LogP contribution >= 0.6 is 0 Å². The van der Waals surface area contributed by atoms with Crippen LogP contribution in [0.1, 0.15) is 32.8 Å². The maximum atomic E-state index is 14.0. The number of hydrazine groups is 1. The molecule has 0 spiro atoms. The van der Waals surface area contributed by atoms with Crippen molar-refractivity contribution in [3.05, 3.63) is 35.9 Å². The Labute approximate surface area is 157 Å². The molecule has 1 atom stereocenters. The molecule has 0 aliphatic carbocycles. The number of likely N-dealkylation sites (tertiary alicyclic amines) is 1. The van der Waals surface area contributed by atoms with Crippen LogP contribution in [0.15, 0.2) is 30.3 Å². The van der Waals surface area contributed by atoms with Gasteiger partial charge in [0.15, 0.2) is 0 Å². The molecular weight excluding hydrogens is 360 g/mol. The van der Waals surface area contributed by atoms with Gasteiger partial charge in [0.1, 0.15) is 12.2 Å². The van der Waals surface area contributed by atoms with Crippen LogP contribution in [0.3, 0.4) is 0 Å². The molecule has 1 aliphatic rings. The Morgan fingerprint density at radius 3 is 2.56 bits per heavy atom. The van der Waals surface area contributed by atoms with E-state index in [1.165, 1.54) is 0 Å². The third kappa shape index (κ3) is 7.38. The zero-order chi connectivity index (χ0) is 20.1. The molecule has 150 valence electrons. The average molecular weight is 385 g/mol. The summed E-state index contributed by atoms with van der Waals surface area (Å²) in [5.74, 6) is -3.09. The van der Waals surface area contributed by atoms with Gasteiger partial charge in [-0.1, -0.05) is 30.3 Å². The van der Waals surface area contributed by atoms with Gasteiger partial charge in [0.2, 0.25) is 0 Å². The van der Waals surface area contributed by atoms with Crippen LogP contribution in [0.4, 0.5) is 18.4 Å². The van der Waals surface area contributed by atoms with E-state index in [0.717, 1.165) is 10.5 Å². The number of ether oxygens (including phenoxy) is 2. The van der Waals surface area contributed by atoms with Crippen molar-refractivity contribution in [1.82, 2.24) is 15.8 Å². The summed E-state index contributed by atoms with van der Waals surface area (Å²) in [6.45, 7) is 4.29. The maximum absolute atomic E-state index is 14.0. The smallest absolute Gasteiger partial charge is 0.421 e. The highest BCUT2D eigenvalue weighted by Crippen LogP contribution is 2.27. The first-order chi connectivity index (χ1) is 12.5. The highest BCUT2D eigenvalue weighted by atomic mass is 19.3. The molecule has 1 fully saturated rings. The van der Waals surface area contributed by atoms with Crippen LogP contribution < -0.4 is 10.9 Å². The van der Waals surface area contributed by atoms with Gasteiger partial charge in [-0.05, 0) is 26.3 Å². The molecule has 0 aromatic heterocycles. The van der Waals surface area contributed by atoms with E-state index in [1.54, 1.807) is 32.9 Å². The lowest BCUT2D eigenvalue weighted by Crippen LogP contribution is -2.59. The van der Waals surface area contributed by atoms with Crippen molar-refractivity contribution in [3.63, 3.8) is 0 Å². The first-order valence-corrected chi connectivity index (χ1v) is 8.62. The Kier molecular flexibility index (Phi) is 6.59. The normalized spacial score (nSPS) is 19.3. The lowest BCUT2D eigenvalue weighted by atomic mass is 10.0. The van der Waals surface area contributed by atoms with Crippen LogP contribution in [0.2, 0.25) is 0 Å². The number of carbonyl (C=O) groups is 2. The lowest BCUT2D eigenvalue weighted by molar-refractivity contribution is -0.0797. The second kappa shape index (κ2) is 8.51. The van der Waals surface area contributed by atoms with E-state index >= 15 is 0 Å². The molecule has 1 unspecified atom stereocenters. The van der Waals surface area contributed by atoms with Gasteiger partial charge in [-0.2, -0.15) is 0 Å². The number of piperidine rings is 1. The Morgan fingerprint density at radius 2 is 1.93 bits per heavy atom. The first-order valence-electron chi connectivity index (χ1n) is 8.62. The van der Waals surface area contributed by atoms with Crippen molar-refractivity contribution in [1.29, 1.82) is 0 Å². The second-order valence-corrected chi connectivity index (χ2v) is 7.45. The summed E-state index contributed by atoms with van der Waals surface area (Å²) in [7, 11) is 0. The van der Waals surface area contributed by atoms with Crippen LogP contribution in [0.5, 0.6) is 0 Å². The third-order valence-electron chi connectivity index (χ3n) is 3.65. The number of halogens is 2. The number of hydrogen-bond donors (Lipinski definition) is 2. The van der Waals surface area contributed by atoms with E-state index in [2.05, 4.69) is 10.9 Å².